The van der Waals surface area contributed by atoms with Gasteiger partial charge in [-0.3, -0.25) is 9.78 Å². The molecule has 0 saturated carbocycles. The van der Waals surface area contributed by atoms with Crippen molar-refractivity contribution in [3.05, 3.63) is 100 Å². The molecule has 0 spiro atoms. The van der Waals surface area contributed by atoms with Crippen LogP contribution in [-0.2, 0) is 4.79 Å². The summed E-state index contributed by atoms with van der Waals surface area (Å²) in [6.07, 6.45) is 3.03. The molecule has 2 N–H and O–H groups in total. The number of carbonyl (C=O) groups excluding carboxylic acids is 1. The van der Waals surface area contributed by atoms with Crippen LogP contribution in [0.15, 0.2) is 72.4 Å². The molecule has 0 aliphatic rings. The van der Waals surface area contributed by atoms with E-state index in [2.05, 4.69) is 4.98 Å². The number of fused-ring (bicyclic) bond motifs is 1. The van der Waals surface area contributed by atoms with Crippen molar-refractivity contribution in [1.29, 1.82) is 0 Å². The fourth-order valence-corrected chi connectivity index (χ4v) is 3.80. The molecule has 0 atom stereocenters. The smallest absolute Gasteiger partial charge is 0.331 e. The highest BCUT2D eigenvalue weighted by Crippen LogP contribution is 2.36. The second kappa shape index (κ2) is 9.19. The number of rotatable bonds is 6. The van der Waals surface area contributed by atoms with E-state index in [9.17, 15) is 14.7 Å². The number of aryl methyl sites for hydroxylation is 2. The van der Waals surface area contributed by atoms with Crippen molar-refractivity contribution in [2.45, 2.75) is 20.8 Å². The molecule has 34 heavy (non-hydrogen) atoms. The first-order chi connectivity index (χ1) is 16.2. The number of carboxylic acids is 1. The largest absolute Gasteiger partial charge is 0.508 e. The Hall–Kier alpha value is -4.45. The molecule has 6 heteroatoms. The van der Waals surface area contributed by atoms with Gasteiger partial charge < -0.3 is 14.9 Å². The van der Waals surface area contributed by atoms with Crippen LogP contribution < -0.4 is 4.74 Å². The van der Waals surface area contributed by atoms with E-state index in [0.717, 1.165) is 11.1 Å². The Morgan fingerprint density at radius 2 is 1.65 bits per heavy atom. The van der Waals surface area contributed by atoms with Crippen LogP contribution in [0, 0.1) is 13.8 Å². The number of nitrogens with zero attached hydrogens (tertiary/aromatic N) is 1. The number of pyridine rings is 1. The summed E-state index contributed by atoms with van der Waals surface area (Å²) in [5.74, 6) is -0.320. The lowest BCUT2D eigenvalue weighted by atomic mass is 9.94. The van der Waals surface area contributed by atoms with Crippen LogP contribution >= 0.6 is 0 Å². The first-order valence-electron chi connectivity index (χ1n) is 10.7. The van der Waals surface area contributed by atoms with Crippen LogP contribution in [0.25, 0.3) is 17.0 Å². The van der Waals surface area contributed by atoms with Crippen LogP contribution in [0.4, 0.5) is 0 Å². The van der Waals surface area contributed by atoms with Crippen molar-refractivity contribution in [3.63, 3.8) is 0 Å². The fourth-order valence-electron chi connectivity index (χ4n) is 3.80. The third-order valence-corrected chi connectivity index (χ3v) is 5.58. The van der Waals surface area contributed by atoms with Gasteiger partial charge in [0, 0.05) is 28.8 Å². The molecule has 0 aliphatic heterocycles. The summed E-state index contributed by atoms with van der Waals surface area (Å²) in [6.45, 7) is 5.30. The third-order valence-electron chi connectivity index (χ3n) is 5.58. The van der Waals surface area contributed by atoms with Crippen molar-refractivity contribution >= 4 is 28.7 Å². The summed E-state index contributed by atoms with van der Waals surface area (Å²) in [5.41, 5.74) is 4.03. The summed E-state index contributed by atoms with van der Waals surface area (Å²) in [6, 6.07) is 17.3. The highest BCUT2D eigenvalue weighted by Gasteiger charge is 2.22. The molecule has 4 aromatic rings. The van der Waals surface area contributed by atoms with Gasteiger partial charge in [0.1, 0.15) is 17.2 Å². The zero-order valence-corrected chi connectivity index (χ0v) is 19.0. The molecular weight excluding hydrogens is 430 g/mol. The monoisotopic (exact) mass is 453 g/mol. The van der Waals surface area contributed by atoms with Crippen molar-refractivity contribution < 1.29 is 24.5 Å². The van der Waals surface area contributed by atoms with Gasteiger partial charge >= 0.3 is 5.97 Å². The Labute approximate surface area is 196 Å². The van der Waals surface area contributed by atoms with E-state index in [1.54, 1.807) is 36.4 Å². The van der Waals surface area contributed by atoms with Gasteiger partial charge in [-0.05, 0) is 67.8 Å². The zero-order valence-electron chi connectivity index (χ0n) is 19.0. The number of hydrogen-bond acceptors (Lipinski definition) is 5. The number of phenols is 1. The number of aliphatic carboxylic acids is 1. The molecule has 6 nitrogen and oxygen atoms in total. The van der Waals surface area contributed by atoms with Crippen molar-refractivity contribution in [2.24, 2.45) is 0 Å². The van der Waals surface area contributed by atoms with Crippen LogP contribution in [0.1, 0.15) is 39.5 Å². The van der Waals surface area contributed by atoms with E-state index in [-0.39, 0.29) is 17.1 Å². The average molecular weight is 453 g/mol. The topological polar surface area (TPSA) is 96.7 Å². The molecule has 4 rings (SSSR count). The van der Waals surface area contributed by atoms with Gasteiger partial charge in [-0.1, -0.05) is 30.3 Å². The van der Waals surface area contributed by atoms with E-state index in [0.29, 0.717) is 39.1 Å². The molecule has 0 radical (unpaired) electrons. The Morgan fingerprint density at radius 1 is 0.971 bits per heavy atom. The standard InChI is InChI=1S/C28H23NO5/c1-16-5-4-6-17(2)25(16)26(31)23-15-29-24-14-20(30)9-12-22(24)27(23)34-21-10-7-19(8-11-21)13-18(3)28(32)33/h4-15,30H,1-3H3,(H,32,33)/b18-13+. The normalized spacial score (nSPS) is 11.4. The number of aromatic nitrogens is 1. The van der Waals surface area contributed by atoms with Crippen LogP contribution in [0.3, 0.4) is 0 Å². The van der Waals surface area contributed by atoms with E-state index in [1.807, 2.05) is 32.0 Å². The Morgan fingerprint density at radius 3 is 2.29 bits per heavy atom. The zero-order chi connectivity index (χ0) is 24.4. The van der Waals surface area contributed by atoms with E-state index in [4.69, 9.17) is 9.84 Å². The molecule has 0 aliphatic carbocycles. The first-order valence-corrected chi connectivity index (χ1v) is 10.7. The molecule has 3 aromatic carbocycles. The first kappa shape index (κ1) is 22.7. The summed E-state index contributed by atoms with van der Waals surface area (Å²) < 4.78 is 6.21. The molecule has 1 aromatic heterocycles. The molecule has 0 saturated heterocycles. The summed E-state index contributed by atoms with van der Waals surface area (Å²) >= 11 is 0. The van der Waals surface area contributed by atoms with Gasteiger partial charge in [-0.15, -0.1) is 0 Å². The summed E-state index contributed by atoms with van der Waals surface area (Å²) in [7, 11) is 0. The van der Waals surface area contributed by atoms with Crippen LogP contribution in [-0.4, -0.2) is 26.9 Å². The fraction of sp³-hybridized carbons (Fsp3) is 0.107. The number of ketones is 1. The number of benzene rings is 3. The minimum absolute atomic E-state index is 0.0599. The molecule has 0 fully saturated rings. The van der Waals surface area contributed by atoms with E-state index >= 15 is 0 Å². The van der Waals surface area contributed by atoms with Gasteiger partial charge in [0.25, 0.3) is 0 Å². The number of carbonyl (C=O) groups is 2. The second-order valence-corrected chi connectivity index (χ2v) is 8.10. The van der Waals surface area contributed by atoms with Crippen molar-refractivity contribution in [3.8, 4) is 17.2 Å². The maximum absolute atomic E-state index is 13.6. The molecule has 0 bridgehead atoms. The maximum Gasteiger partial charge on any atom is 0.331 e. The van der Waals surface area contributed by atoms with Gasteiger partial charge in [0.05, 0.1) is 11.1 Å². The lowest BCUT2D eigenvalue weighted by Crippen LogP contribution is -2.09. The number of phenolic OH excluding ortho intramolecular Hbond substituents is 1. The lowest BCUT2D eigenvalue weighted by Gasteiger charge is -2.15. The summed E-state index contributed by atoms with van der Waals surface area (Å²) in [4.78, 5) is 29.1. The Kier molecular flexibility index (Phi) is 6.15. The SMILES string of the molecule is C/C(=C\c1ccc(Oc2c(C(=O)c3c(C)cccc3C)cnc3cc(O)ccc23)cc1)C(=O)O. The van der Waals surface area contributed by atoms with E-state index < -0.39 is 5.97 Å². The van der Waals surface area contributed by atoms with Crippen LogP contribution in [0.5, 0.6) is 17.2 Å². The third kappa shape index (κ3) is 4.52. The molecule has 1 heterocycles. The second-order valence-electron chi connectivity index (χ2n) is 8.10. The predicted molar refractivity (Wildman–Crippen MR) is 131 cm³/mol. The lowest BCUT2D eigenvalue weighted by molar-refractivity contribution is -0.132. The summed E-state index contributed by atoms with van der Waals surface area (Å²) in [5, 5.41) is 19.6. The quantitative estimate of drug-likeness (QED) is 0.272. The Bertz CT molecular complexity index is 1430. The number of hydrogen-bond donors (Lipinski definition) is 2. The van der Waals surface area contributed by atoms with Crippen molar-refractivity contribution in [2.75, 3.05) is 0 Å². The van der Waals surface area contributed by atoms with E-state index in [1.165, 1.54) is 25.3 Å². The van der Waals surface area contributed by atoms with Gasteiger partial charge in [-0.2, -0.15) is 0 Å². The number of ether oxygens (including phenoxy) is 1. The number of carboxylic acid groups (broad SMARTS) is 1. The van der Waals surface area contributed by atoms with Gasteiger partial charge in [0.15, 0.2) is 5.78 Å². The highest BCUT2D eigenvalue weighted by atomic mass is 16.5. The number of aromatic hydroxyl groups is 1. The minimum Gasteiger partial charge on any atom is -0.508 e. The maximum atomic E-state index is 13.6. The average Bonchev–Trinajstić information content (AvgIpc) is 2.80. The van der Waals surface area contributed by atoms with Crippen molar-refractivity contribution in [1.82, 2.24) is 4.98 Å². The molecule has 0 unspecified atom stereocenters. The highest BCUT2D eigenvalue weighted by molar-refractivity contribution is 6.14. The minimum atomic E-state index is -0.985. The van der Waals surface area contributed by atoms with Gasteiger partial charge in [-0.25, -0.2) is 4.79 Å². The predicted octanol–water partition coefficient (Wildman–Crippen LogP) is 6.07. The molecular formula is C28H23NO5. The molecule has 0 amide bonds. The van der Waals surface area contributed by atoms with Crippen LogP contribution in [0.2, 0.25) is 0 Å². The van der Waals surface area contributed by atoms with Gasteiger partial charge in [0.2, 0.25) is 0 Å². The Balaban J connectivity index is 1.81. The molecule has 170 valence electrons.